The van der Waals surface area contributed by atoms with Gasteiger partial charge in [0.05, 0.1) is 10.7 Å². The number of nitrogens with one attached hydrogen (secondary N) is 2. The minimum Gasteiger partial charge on any atom is -0.325 e. The highest BCUT2D eigenvalue weighted by Gasteiger charge is 2.29. The number of benzene rings is 2. The van der Waals surface area contributed by atoms with Crippen LogP contribution in [0.15, 0.2) is 58.8 Å². The molecule has 3 rings (SSSR count). The van der Waals surface area contributed by atoms with Crippen molar-refractivity contribution >= 4 is 33.0 Å². The molecule has 0 aliphatic heterocycles. The Labute approximate surface area is 179 Å². The molecule has 0 saturated carbocycles. The second-order valence-corrected chi connectivity index (χ2v) is 9.84. The molecule has 6 nitrogen and oxygen atoms in total. The maximum atomic E-state index is 13.9. The first-order chi connectivity index (χ1) is 14.2. The lowest BCUT2D eigenvalue weighted by atomic mass is 10.0. The molecule has 30 heavy (non-hydrogen) atoms. The van der Waals surface area contributed by atoms with Crippen molar-refractivity contribution < 1.29 is 17.6 Å². The molecule has 0 unspecified atom stereocenters. The van der Waals surface area contributed by atoms with Gasteiger partial charge in [0.15, 0.2) is 0 Å². The summed E-state index contributed by atoms with van der Waals surface area (Å²) in [5, 5.41) is 5.63. The molecule has 0 bridgehead atoms. The van der Waals surface area contributed by atoms with Crippen molar-refractivity contribution in [3.05, 3.63) is 64.7 Å². The van der Waals surface area contributed by atoms with E-state index in [-0.39, 0.29) is 5.92 Å². The zero-order valence-corrected chi connectivity index (χ0v) is 18.4. The normalized spacial score (nSPS) is 12.7. The van der Waals surface area contributed by atoms with Crippen LogP contribution in [0.1, 0.15) is 18.9 Å². The Kier molecular flexibility index (Phi) is 6.64. The van der Waals surface area contributed by atoms with E-state index in [4.69, 9.17) is 0 Å². The standard InChI is InChI=1S/C21H22FN3O3S2/c1-13(2)20(25-30(27,28)19-7-5-4-6-17(19)22)21(26)24-16-10-8-15(9-11-16)18-12-29-14(3)23-18/h4-13,20,25H,1-3H3,(H,24,26)/t20-/m0/s1. The zero-order chi connectivity index (χ0) is 21.9. The van der Waals surface area contributed by atoms with Gasteiger partial charge in [-0.3, -0.25) is 4.79 Å². The van der Waals surface area contributed by atoms with Crippen LogP contribution in [-0.4, -0.2) is 25.4 Å². The average Bonchev–Trinajstić information content (AvgIpc) is 3.13. The van der Waals surface area contributed by atoms with Crippen LogP contribution in [0, 0.1) is 18.7 Å². The van der Waals surface area contributed by atoms with Gasteiger partial charge in [0.1, 0.15) is 16.8 Å². The fraction of sp³-hybridized carbons (Fsp3) is 0.238. The second kappa shape index (κ2) is 9.03. The summed E-state index contributed by atoms with van der Waals surface area (Å²) in [7, 11) is -4.21. The van der Waals surface area contributed by atoms with Gasteiger partial charge >= 0.3 is 0 Å². The smallest absolute Gasteiger partial charge is 0.244 e. The minimum atomic E-state index is -4.21. The van der Waals surface area contributed by atoms with Crippen molar-refractivity contribution in [3.8, 4) is 11.3 Å². The number of hydrogen-bond acceptors (Lipinski definition) is 5. The fourth-order valence-corrected chi connectivity index (χ4v) is 4.87. The van der Waals surface area contributed by atoms with Gasteiger partial charge in [-0.25, -0.2) is 17.8 Å². The maximum Gasteiger partial charge on any atom is 0.244 e. The quantitative estimate of drug-likeness (QED) is 0.568. The van der Waals surface area contributed by atoms with Crippen LogP contribution in [0.3, 0.4) is 0 Å². The van der Waals surface area contributed by atoms with Crippen molar-refractivity contribution in [2.75, 3.05) is 5.32 Å². The van der Waals surface area contributed by atoms with E-state index >= 15 is 0 Å². The first-order valence-corrected chi connectivity index (χ1v) is 11.6. The van der Waals surface area contributed by atoms with E-state index < -0.39 is 32.7 Å². The summed E-state index contributed by atoms with van der Waals surface area (Å²) in [6.45, 7) is 5.35. The lowest BCUT2D eigenvalue weighted by molar-refractivity contribution is -0.118. The monoisotopic (exact) mass is 447 g/mol. The van der Waals surface area contributed by atoms with Crippen LogP contribution in [0.2, 0.25) is 0 Å². The fourth-order valence-electron chi connectivity index (χ4n) is 2.83. The Morgan fingerprint density at radius 1 is 1.10 bits per heavy atom. The lowest BCUT2D eigenvalue weighted by Crippen LogP contribution is -2.47. The first kappa shape index (κ1) is 22.1. The van der Waals surface area contributed by atoms with Crippen LogP contribution >= 0.6 is 11.3 Å². The van der Waals surface area contributed by atoms with Crippen molar-refractivity contribution in [1.82, 2.24) is 9.71 Å². The molecule has 2 aromatic carbocycles. The van der Waals surface area contributed by atoms with Crippen LogP contribution in [0.4, 0.5) is 10.1 Å². The van der Waals surface area contributed by atoms with E-state index in [2.05, 4.69) is 15.0 Å². The number of nitrogens with zero attached hydrogens (tertiary/aromatic N) is 1. The molecule has 1 atom stereocenters. The predicted molar refractivity (Wildman–Crippen MR) is 116 cm³/mol. The molecule has 0 fully saturated rings. The molecule has 0 saturated heterocycles. The number of amides is 1. The summed E-state index contributed by atoms with van der Waals surface area (Å²) in [5.74, 6) is -1.76. The van der Waals surface area contributed by atoms with Crippen LogP contribution in [0.25, 0.3) is 11.3 Å². The number of thiazole rings is 1. The average molecular weight is 448 g/mol. The van der Waals surface area contributed by atoms with Gasteiger partial charge in [-0.15, -0.1) is 11.3 Å². The molecule has 1 aromatic heterocycles. The molecule has 0 aliphatic carbocycles. The largest absolute Gasteiger partial charge is 0.325 e. The van der Waals surface area contributed by atoms with E-state index in [9.17, 15) is 17.6 Å². The van der Waals surface area contributed by atoms with Gasteiger partial charge in [0, 0.05) is 16.6 Å². The molecule has 0 spiro atoms. The van der Waals surface area contributed by atoms with E-state index in [0.29, 0.717) is 5.69 Å². The number of sulfonamides is 1. The van der Waals surface area contributed by atoms with Crippen LogP contribution < -0.4 is 10.0 Å². The molecule has 3 aromatic rings. The molecule has 2 N–H and O–H groups in total. The van der Waals surface area contributed by atoms with Crippen molar-refractivity contribution in [3.63, 3.8) is 0 Å². The van der Waals surface area contributed by atoms with E-state index in [1.165, 1.54) is 12.1 Å². The summed E-state index contributed by atoms with van der Waals surface area (Å²) in [5.41, 5.74) is 2.29. The minimum absolute atomic E-state index is 0.358. The predicted octanol–water partition coefficient (Wildman–Crippen LogP) is 4.20. The number of rotatable bonds is 7. The van der Waals surface area contributed by atoms with Crippen LogP contribution in [-0.2, 0) is 14.8 Å². The van der Waals surface area contributed by atoms with Gasteiger partial charge in [0.2, 0.25) is 15.9 Å². The molecular weight excluding hydrogens is 425 g/mol. The van der Waals surface area contributed by atoms with E-state index in [1.54, 1.807) is 37.3 Å². The molecule has 1 heterocycles. The number of carbonyl (C=O) groups excluding carboxylic acids is 1. The third kappa shape index (κ3) is 5.10. The van der Waals surface area contributed by atoms with Gasteiger partial charge in [-0.1, -0.05) is 38.1 Å². The first-order valence-electron chi connectivity index (χ1n) is 9.27. The van der Waals surface area contributed by atoms with Gasteiger partial charge < -0.3 is 5.32 Å². The number of carbonyl (C=O) groups is 1. The summed E-state index contributed by atoms with van der Waals surface area (Å²) in [6, 6.07) is 11.1. The van der Waals surface area contributed by atoms with Crippen LogP contribution in [0.5, 0.6) is 0 Å². The number of halogens is 1. The molecule has 1 amide bonds. The highest BCUT2D eigenvalue weighted by Crippen LogP contribution is 2.23. The highest BCUT2D eigenvalue weighted by atomic mass is 32.2. The Bertz CT molecular complexity index is 1140. The highest BCUT2D eigenvalue weighted by molar-refractivity contribution is 7.89. The number of aryl methyl sites for hydroxylation is 1. The van der Waals surface area contributed by atoms with Gasteiger partial charge in [-0.2, -0.15) is 4.72 Å². The van der Waals surface area contributed by atoms with Crippen molar-refractivity contribution in [1.29, 1.82) is 0 Å². The summed E-state index contributed by atoms with van der Waals surface area (Å²) < 4.78 is 41.4. The lowest BCUT2D eigenvalue weighted by Gasteiger charge is -2.22. The second-order valence-electron chi connectivity index (χ2n) is 7.09. The van der Waals surface area contributed by atoms with Crippen molar-refractivity contribution in [2.24, 2.45) is 5.92 Å². The Morgan fingerprint density at radius 3 is 2.33 bits per heavy atom. The summed E-state index contributed by atoms with van der Waals surface area (Å²) >= 11 is 1.55. The molecule has 0 aliphatic rings. The Balaban J connectivity index is 1.75. The molecular formula is C21H22FN3O3S2. The topological polar surface area (TPSA) is 88.2 Å². The SMILES string of the molecule is Cc1nc(-c2ccc(NC(=O)[C@@H](NS(=O)(=O)c3ccccc3F)C(C)C)cc2)cs1. The Morgan fingerprint density at radius 2 is 1.77 bits per heavy atom. The summed E-state index contributed by atoms with van der Waals surface area (Å²) in [6.07, 6.45) is 0. The van der Waals surface area contributed by atoms with E-state index in [0.717, 1.165) is 28.4 Å². The van der Waals surface area contributed by atoms with Gasteiger partial charge in [-0.05, 0) is 37.1 Å². The number of hydrogen-bond donors (Lipinski definition) is 2. The zero-order valence-electron chi connectivity index (χ0n) is 16.7. The summed E-state index contributed by atoms with van der Waals surface area (Å²) in [4.78, 5) is 16.7. The number of aromatic nitrogens is 1. The molecule has 9 heteroatoms. The van der Waals surface area contributed by atoms with E-state index in [1.807, 2.05) is 24.4 Å². The van der Waals surface area contributed by atoms with Gasteiger partial charge in [0.25, 0.3) is 0 Å². The molecule has 158 valence electrons. The maximum absolute atomic E-state index is 13.9. The Hall–Kier alpha value is -2.62. The van der Waals surface area contributed by atoms with Crippen molar-refractivity contribution in [2.45, 2.75) is 31.7 Å². The number of anilines is 1. The third-order valence-electron chi connectivity index (χ3n) is 4.42. The third-order valence-corrected chi connectivity index (χ3v) is 6.67. The molecule has 0 radical (unpaired) electrons.